The molecule has 0 radical (unpaired) electrons. The first-order valence-electron chi connectivity index (χ1n) is 14.0. The summed E-state index contributed by atoms with van der Waals surface area (Å²) in [6.07, 6.45) is 8.95. The van der Waals surface area contributed by atoms with Crippen LogP contribution < -0.4 is 10.6 Å². The zero-order chi connectivity index (χ0) is 26.2. The Morgan fingerprint density at radius 3 is 2.55 bits per heavy atom. The molecule has 1 aliphatic heterocycles. The van der Waals surface area contributed by atoms with Gasteiger partial charge < -0.3 is 20.1 Å². The smallest absolute Gasteiger partial charge is 0.225 e. The summed E-state index contributed by atoms with van der Waals surface area (Å²) >= 11 is 0. The molecule has 5 rings (SSSR count). The van der Waals surface area contributed by atoms with Crippen LogP contribution in [0.1, 0.15) is 38.7 Å². The summed E-state index contributed by atoms with van der Waals surface area (Å²) in [5, 5.41) is 8.32. The highest BCUT2D eigenvalue weighted by Crippen LogP contribution is 2.25. The van der Waals surface area contributed by atoms with E-state index in [0.717, 1.165) is 81.8 Å². The van der Waals surface area contributed by atoms with Crippen molar-refractivity contribution in [2.45, 2.75) is 45.7 Å². The minimum Gasteiger partial charge on any atom is -0.367 e. The lowest BCUT2D eigenvalue weighted by Gasteiger charge is -2.33. The monoisotopic (exact) mass is 512 g/mol. The Bertz CT molecular complexity index is 1280. The number of fused-ring (bicyclic) bond motifs is 1. The molecule has 4 aromatic rings. The highest BCUT2D eigenvalue weighted by molar-refractivity contribution is 5.90. The van der Waals surface area contributed by atoms with Gasteiger partial charge in [0, 0.05) is 50.0 Å². The molecule has 1 aliphatic rings. The summed E-state index contributed by atoms with van der Waals surface area (Å²) < 4.78 is 2.10. The number of benzene rings is 2. The molecule has 0 atom stereocenters. The number of rotatable bonds is 12. The normalized spacial score (nSPS) is 14.8. The van der Waals surface area contributed by atoms with Crippen LogP contribution in [0.4, 0.5) is 11.8 Å². The van der Waals surface area contributed by atoms with Crippen molar-refractivity contribution in [3.8, 4) is 5.69 Å². The highest BCUT2D eigenvalue weighted by atomic mass is 15.2. The van der Waals surface area contributed by atoms with Crippen molar-refractivity contribution in [1.29, 1.82) is 0 Å². The lowest BCUT2D eigenvalue weighted by Crippen LogP contribution is -2.39. The quantitative estimate of drug-likeness (QED) is 0.258. The van der Waals surface area contributed by atoms with Crippen LogP contribution in [0.3, 0.4) is 0 Å². The van der Waals surface area contributed by atoms with Gasteiger partial charge in [-0.05, 0) is 62.7 Å². The summed E-state index contributed by atoms with van der Waals surface area (Å²) in [5.74, 6) is 1.64. The molecule has 2 aromatic heterocycles. The number of likely N-dealkylation sites (tertiary alicyclic amines) is 1. The molecular weight excluding hydrogens is 472 g/mol. The van der Waals surface area contributed by atoms with Crippen molar-refractivity contribution >= 4 is 22.7 Å². The topological polar surface area (TPSA) is 74.1 Å². The van der Waals surface area contributed by atoms with E-state index in [2.05, 4.69) is 86.3 Å². The van der Waals surface area contributed by atoms with E-state index < -0.39 is 0 Å². The Kier molecular flexibility index (Phi) is 8.83. The van der Waals surface area contributed by atoms with E-state index in [9.17, 15) is 0 Å². The second-order valence-electron chi connectivity index (χ2n) is 10.0. The van der Waals surface area contributed by atoms with Gasteiger partial charge in [-0.25, -0.2) is 9.97 Å². The molecule has 0 aliphatic carbocycles. The largest absolute Gasteiger partial charge is 0.367 e. The van der Waals surface area contributed by atoms with Crippen LogP contribution in [0.25, 0.3) is 16.6 Å². The van der Waals surface area contributed by atoms with Gasteiger partial charge in [-0.2, -0.15) is 4.98 Å². The molecule has 38 heavy (non-hydrogen) atoms. The second-order valence-corrected chi connectivity index (χ2v) is 10.0. The first kappa shape index (κ1) is 26.1. The SMILES string of the molecule is CCN(CC)CCCNc1nc(NC2CCN(Cc3ccccc3-n3ccnc3)CC2)c2ccccc2n1. The van der Waals surface area contributed by atoms with Crippen molar-refractivity contribution in [2.24, 2.45) is 0 Å². The highest BCUT2D eigenvalue weighted by Gasteiger charge is 2.21. The Hall–Kier alpha value is -3.49. The third kappa shape index (κ3) is 6.49. The Morgan fingerprint density at radius 1 is 0.974 bits per heavy atom. The van der Waals surface area contributed by atoms with E-state index >= 15 is 0 Å². The maximum Gasteiger partial charge on any atom is 0.225 e. The van der Waals surface area contributed by atoms with Gasteiger partial charge in [0.15, 0.2) is 0 Å². The predicted molar refractivity (Wildman–Crippen MR) is 156 cm³/mol. The number of aromatic nitrogens is 4. The van der Waals surface area contributed by atoms with Gasteiger partial charge in [-0.15, -0.1) is 0 Å². The number of piperidine rings is 1. The van der Waals surface area contributed by atoms with E-state index in [4.69, 9.17) is 9.97 Å². The molecule has 1 fully saturated rings. The fourth-order valence-electron chi connectivity index (χ4n) is 5.28. The van der Waals surface area contributed by atoms with Crippen molar-refractivity contribution in [3.63, 3.8) is 0 Å². The standard InChI is InChI=1S/C30H40N8/c1-3-36(4-2)18-9-16-32-30-34-27-12-7-6-11-26(27)29(35-30)33-25-14-19-37(20-15-25)22-24-10-5-8-13-28(24)38-21-17-31-23-38/h5-8,10-13,17,21,23,25H,3-4,9,14-16,18-20,22H2,1-2H3,(H2,32,33,34,35). The number of nitrogens with one attached hydrogen (secondary N) is 2. The van der Waals surface area contributed by atoms with Crippen LogP contribution in [-0.2, 0) is 6.54 Å². The van der Waals surface area contributed by atoms with Crippen LogP contribution in [0.2, 0.25) is 0 Å². The molecule has 0 saturated carbocycles. The van der Waals surface area contributed by atoms with E-state index in [-0.39, 0.29) is 0 Å². The summed E-state index contributed by atoms with van der Waals surface area (Å²) in [7, 11) is 0. The van der Waals surface area contributed by atoms with Gasteiger partial charge in [0.2, 0.25) is 5.95 Å². The minimum absolute atomic E-state index is 0.393. The molecule has 2 aromatic carbocycles. The molecule has 0 spiro atoms. The Morgan fingerprint density at radius 2 is 1.76 bits per heavy atom. The summed E-state index contributed by atoms with van der Waals surface area (Å²) in [6, 6.07) is 17.3. The number of anilines is 2. The molecule has 0 amide bonds. The summed E-state index contributed by atoms with van der Waals surface area (Å²) in [5.41, 5.74) is 3.51. The number of para-hydroxylation sites is 2. The molecule has 8 heteroatoms. The zero-order valence-corrected chi connectivity index (χ0v) is 22.7. The molecule has 0 bridgehead atoms. The third-order valence-corrected chi connectivity index (χ3v) is 7.53. The second kappa shape index (κ2) is 12.8. The van der Waals surface area contributed by atoms with Gasteiger partial charge in [0.25, 0.3) is 0 Å². The first-order valence-corrected chi connectivity index (χ1v) is 14.0. The van der Waals surface area contributed by atoms with Gasteiger partial charge in [-0.1, -0.05) is 44.2 Å². The van der Waals surface area contributed by atoms with Crippen molar-refractivity contribution in [2.75, 3.05) is 49.9 Å². The molecule has 8 nitrogen and oxygen atoms in total. The van der Waals surface area contributed by atoms with Gasteiger partial charge >= 0.3 is 0 Å². The lowest BCUT2D eigenvalue weighted by molar-refractivity contribution is 0.211. The molecule has 1 saturated heterocycles. The van der Waals surface area contributed by atoms with Crippen LogP contribution in [-0.4, -0.2) is 74.6 Å². The maximum absolute atomic E-state index is 4.91. The van der Waals surface area contributed by atoms with E-state index in [1.807, 2.05) is 24.8 Å². The van der Waals surface area contributed by atoms with E-state index in [0.29, 0.717) is 12.0 Å². The number of imidazole rings is 1. The molecule has 3 heterocycles. The summed E-state index contributed by atoms with van der Waals surface area (Å²) in [6.45, 7) is 11.6. The number of nitrogens with zero attached hydrogens (tertiary/aromatic N) is 6. The lowest BCUT2D eigenvalue weighted by atomic mass is 10.0. The predicted octanol–water partition coefficient (Wildman–Crippen LogP) is 5.04. The third-order valence-electron chi connectivity index (χ3n) is 7.53. The van der Waals surface area contributed by atoms with Crippen molar-refractivity contribution < 1.29 is 0 Å². The average Bonchev–Trinajstić information content (AvgIpc) is 3.50. The van der Waals surface area contributed by atoms with Crippen molar-refractivity contribution in [1.82, 2.24) is 29.3 Å². The fraction of sp³-hybridized carbons (Fsp3) is 0.433. The van der Waals surface area contributed by atoms with E-state index in [1.165, 1.54) is 11.3 Å². The van der Waals surface area contributed by atoms with Gasteiger partial charge in [-0.3, -0.25) is 4.90 Å². The first-order chi connectivity index (χ1) is 18.7. The number of hydrogen-bond donors (Lipinski definition) is 2. The molecule has 200 valence electrons. The van der Waals surface area contributed by atoms with Crippen LogP contribution >= 0.6 is 0 Å². The molecular formula is C30H40N8. The van der Waals surface area contributed by atoms with Crippen LogP contribution in [0.15, 0.2) is 67.3 Å². The fourth-order valence-corrected chi connectivity index (χ4v) is 5.28. The Labute approximate surface area is 226 Å². The van der Waals surface area contributed by atoms with Gasteiger partial charge in [0.1, 0.15) is 5.82 Å². The Balaban J connectivity index is 1.20. The molecule has 2 N–H and O–H groups in total. The van der Waals surface area contributed by atoms with Crippen LogP contribution in [0.5, 0.6) is 0 Å². The van der Waals surface area contributed by atoms with Crippen molar-refractivity contribution in [3.05, 3.63) is 72.8 Å². The average molecular weight is 513 g/mol. The molecule has 0 unspecified atom stereocenters. The summed E-state index contributed by atoms with van der Waals surface area (Å²) in [4.78, 5) is 18.9. The minimum atomic E-state index is 0.393. The van der Waals surface area contributed by atoms with E-state index in [1.54, 1.807) is 0 Å². The maximum atomic E-state index is 4.91. The number of hydrogen-bond acceptors (Lipinski definition) is 7. The van der Waals surface area contributed by atoms with Crippen LogP contribution in [0, 0.1) is 0 Å². The zero-order valence-electron chi connectivity index (χ0n) is 22.7. The van der Waals surface area contributed by atoms with Gasteiger partial charge in [0.05, 0.1) is 17.5 Å².